The fourth-order valence-electron chi connectivity index (χ4n) is 3.11. The second-order valence-corrected chi connectivity index (χ2v) is 8.45. The Balaban J connectivity index is 1.94. The zero-order chi connectivity index (χ0) is 21.4. The normalized spacial score (nSPS) is 11.2. The first-order chi connectivity index (χ1) is 13.8. The number of hydrogen-bond acceptors (Lipinski definition) is 2. The molecule has 156 valence electrons. The molecule has 0 saturated heterocycles. The third-order valence-electron chi connectivity index (χ3n) is 5.12. The second kappa shape index (κ2) is 10.2. The molecule has 0 aliphatic carbocycles. The molecule has 2 amide bonds. The monoisotopic (exact) mass is 394 g/mol. The maximum absolute atomic E-state index is 12.6. The van der Waals surface area contributed by atoms with E-state index >= 15 is 0 Å². The molecule has 0 spiro atoms. The molecule has 0 fully saturated rings. The maximum atomic E-state index is 12.6. The van der Waals surface area contributed by atoms with Crippen LogP contribution in [-0.4, -0.2) is 29.8 Å². The fraction of sp³-hybridized carbons (Fsp3) is 0.440. The molecule has 0 atom stereocenters. The van der Waals surface area contributed by atoms with Gasteiger partial charge in [-0.2, -0.15) is 0 Å². The van der Waals surface area contributed by atoms with Gasteiger partial charge in [-0.15, -0.1) is 0 Å². The van der Waals surface area contributed by atoms with Crippen molar-refractivity contribution in [2.24, 2.45) is 0 Å². The highest BCUT2D eigenvalue weighted by molar-refractivity contribution is 5.95. The standard InChI is InChI=1S/C25H34N2O2/c1-6-8-17-27(7-2)24(29)21-11-9-19(10-12-21)18-26-23(28)20-13-15-22(16-14-20)25(3,4)5/h9-16H,6-8,17-18H2,1-5H3,(H,26,28). The van der Waals surface area contributed by atoms with Gasteiger partial charge in [0, 0.05) is 30.8 Å². The summed E-state index contributed by atoms with van der Waals surface area (Å²) in [5, 5.41) is 2.95. The van der Waals surface area contributed by atoms with Gasteiger partial charge in [0.25, 0.3) is 11.8 Å². The Hall–Kier alpha value is -2.62. The van der Waals surface area contributed by atoms with Gasteiger partial charge in [0.05, 0.1) is 0 Å². The van der Waals surface area contributed by atoms with Crippen molar-refractivity contribution in [2.45, 2.75) is 59.4 Å². The SMILES string of the molecule is CCCCN(CC)C(=O)c1ccc(CNC(=O)c2ccc(C(C)(C)C)cc2)cc1. The van der Waals surface area contributed by atoms with Gasteiger partial charge in [0.1, 0.15) is 0 Å². The van der Waals surface area contributed by atoms with Crippen LogP contribution in [0.3, 0.4) is 0 Å². The summed E-state index contributed by atoms with van der Waals surface area (Å²) < 4.78 is 0. The molecule has 0 unspecified atom stereocenters. The summed E-state index contributed by atoms with van der Waals surface area (Å²) in [4.78, 5) is 26.9. The largest absolute Gasteiger partial charge is 0.348 e. The van der Waals surface area contributed by atoms with Crippen molar-refractivity contribution in [3.05, 3.63) is 70.8 Å². The highest BCUT2D eigenvalue weighted by Crippen LogP contribution is 2.22. The topological polar surface area (TPSA) is 49.4 Å². The minimum atomic E-state index is -0.0951. The summed E-state index contributed by atoms with van der Waals surface area (Å²) in [6.07, 6.45) is 2.09. The van der Waals surface area contributed by atoms with Gasteiger partial charge in [-0.1, -0.05) is 58.4 Å². The Morgan fingerprint density at radius 3 is 2.00 bits per heavy atom. The minimum Gasteiger partial charge on any atom is -0.348 e. The number of carbonyl (C=O) groups excluding carboxylic acids is 2. The van der Waals surface area contributed by atoms with Gasteiger partial charge in [0.15, 0.2) is 0 Å². The van der Waals surface area contributed by atoms with E-state index in [1.54, 1.807) is 0 Å². The molecule has 0 aliphatic rings. The lowest BCUT2D eigenvalue weighted by Crippen LogP contribution is -2.31. The molecule has 0 radical (unpaired) electrons. The molecule has 4 nitrogen and oxygen atoms in total. The van der Waals surface area contributed by atoms with Crippen molar-refractivity contribution < 1.29 is 9.59 Å². The maximum Gasteiger partial charge on any atom is 0.253 e. The summed E-state index contributed by atoms with van der Waals surface area (Å²) in [5.41, 5.74) is 3.58. The molecule has 0 heterocycles. The summed E-state index contributed by atoms with van der Waals surface area (Å²) >= 11 is 0. The molecular formula is C25H34N2O2. The van der Waals surface area contributed by atoms with Crippen LogP contribution in [0.25, 0.3) is 0 Å². The highest BCUT2D eigenvalue weighted by atomic mass is 16.2. The number of nitrogens with zero attached hydrogens (tertiary/aromatic N) is 1. The van der Waals surface area contributed by atoms with Crippen LogP contribution >= 0.6 is 0 Å². The summed E-state index contributed by atoms with van der Waals surface area (Å²) in [5.74, 6) is -0.0298. The third-order valence-corrected chi connectivity index (χ3v) is 5.12. The van der Waals surface area contributed by atoms with Crippen LogP contribution in [0.5, 0.6) is 0 Å². The fourth-order valence-corrected chi connectivity index (χ4v) is 3.11. The van der Waals surface area contributed by atoms with Crippen molar-refractivity contribution in [2.75, 3.05) is 13.1 Å². The number of hydrogen-bond donors (Lipinski definition) is 1. The van der Waals surface area contributed by atoms with Crippen LogP contribution in [0.1, 0.15) is 79.3 Å². The van der Waals surface area contributed by atoms with E-state index in [1.807, 2.05) is 60.4 Å². The summed E-state index contributed by atoms with van der Waals surface area (Å²) in [7, 11) is 0. The van der Waals surface area contributed by atoms with Crippen LogP contribution in [0.15, 0.2) is 48.5 Å². The number of carbonyl (C=O) groups is 2. The van der Waals surface area contributed by atoms with Gasteiger partial charge in [-0.25, -0.2) is 0 Å². The van der Waals surface area contributed by atoms with Crippen LogP contribution in [0.4, 0.5) is 0 Å². The quantitative estimate of drug-likeness (QED) is 0.671. The first-order valence-corrected chi connectivity index (χ1v) is 10.5. The van der Waals surface area contributed by atoms with E-state index < -0.39 is 0 Å². The van der Waals surface area contributed by atoms with Crippen molar-refractivity contribution in [1.82, 2.24) is 10.2 Å². The molecule has 2 aromatic rings. The predicted octanol–water partition coefficient (Wildman–Crippen LogP) is 5.18. The van der Waals surface area contributed by atoms with Crippen LogP contribution in [-0.2, 0) is 12.0 Å². The number of nitrogens with one attached hydrogen (secondary N) is 1. The predicted molar refractivity (Wildman–Crippen MR) is 119 cm³/mol. The number of unbranched alkanes of at least 4 members (excludes halogenated alkanes) is 1. The van der Waals surface area contributed by atoms with E-state index in [1.165, 1.54) is 5.56 Å². The van der Waals surface area contributed by atoms with E-state index in [0.717, 1.165) is 24.9 Å². The number of benzene rings is 2. The minimum absolute atomic E-state index is 0.0653. The van der Waals surface area contributed by atoms with E-state index in [0.29, 0.717) is 24.2 Å². The van der Waals surface area contributed by atoms with Gasteiger partial charge in [-0.3, -0.25) is 9.59 Å². The molecule has 0 saturated carbocycles. The van der Waals surface area contributed by atoms with Crippen LogP contribution < -0.4 is 5.32 Å². The van der Waals surface area contributed by atoms with E-state index in [2.05, 4.69) is 33.0 Å². The van der Waals surface area contributed by atoms with Crippen LogP contribution in [0, 0.1) is 0 Å². The highest BCUT2D eigenvalue weighted by Gasteiger charge is 2.15. The molecule has 2 aromatic carbocycles. The molecule has 29 heavy (non-hydrogen) atoms. The molecule has 1 N–H and O–H groups in total. The van der Waals surface area contributed by atoms with Crippen molar-refractivity contribution >= 4 is 11.8 Å². The molecule has 4 heteroatoms. The Morgan fingerprint density at radius 2 is 1.48 bits per heavy atom. The third kappa shape index (κ3) is 6.45. The lowest BCUT2D eigenvalue weighted by Gasteiger charge is -2.20. The molecule has 0 aliphatic heterocycles. The van der Waals surface area contributed by atoms with E-state index in [4.69, 9.17) is 0 Å². The Kier molecular flexibility index (Phi) is 8.00. The number of rotatable bonds is 8. The molecule has 0 aromatic heterocycles. The first-order valence-electron chi connectivity index (χ1n) is 10.5. The summed E-state index contributed by atoms with van der Waals surface area (Å²) in [6.45, 7) is 12.5. The zero-order valence-corrected chi connectivity index (χ0v) is 18.4. The smallest absolute Gasteiger partial charge is 0.253 e. The first kappa shape index (κ1) is 22.7. The van der Waals surface area contributed by atoms with E-state index in [-0.39, 0.29) is 17.2 Å². The van der Waals surface area contributed by atoms with Gasteiger partial charge < -0.3 is 10.2 Å². The average molecular weight is 395 g/mol. The van der Waals surface area contributed by atoms with E-state index in [9.17, 15) is 9.59 Å². The van der Waals surface area contributed by atoms with Gasteiger partial charge in [-0.05, 0) is 54.2 Å². The Labute approximate surface area is 175 Å². The van der Waals surface area contributed by atoms with Crippen molar-refractivity contribution in [3.63, 3.8) is 0 Å². The average Bonchev–Trinajstić information content (AvgIpc) is 2.72. The number of amides is 2. The lowest BCUT2D eigenvalue weighted by atomic mass is 9.87. The lowest BCUT2D eigenvalue weighted by molar-refractivity contribution is 0.0762. The molecular weight excluding hydrogens is 360 g/mol. The zero-order valence-electron chi connectivity index (χ0n) is 18.4. The Morgan fingerprint density at radius 1 is 0.897 bits per heavy atom. The molecule has 0 bridgehead atoms. The van der Waals surface area contributed by atoms with Gasteiger partial charge >= 0.3 is 0 Å². The molecule has 2 rings (SSSR count). The second-order valence-electron chi connectivity index (χ2n) is 8.45. The Bertz CT molecular complexity index is 802. The summed E-state index contributed by atoms with van der Waals surface area (Å²) in [6, 6.07) is 15.3. The van der Waals surface area contributed by atoms with Gasteiger partial charge in [0.2, 0.25) is 0 Å². The van der Waals surface area contributed by atoms with Crippen molar-refractivity contribution in [1.29, 1.82) is 0 Å². The van der Waals surface area contributed by atoms with Crippen LogP contribution in [0.2, 0.25) is 0 Å². The van der Waals surface area contributed by atoms with Crippen molar-refractivity contribution in [3.8, 4) is 0 Å².